The Balaban J connectivity index is 1.45. The number of aryl methyl sites for hydroxylation is 1. The first-order valence-corrected chi connectivity index (χ1v) is 11.2. The maximum Gasteiger partial charge on any atom is 0.221 e. The summed E-state index contributed by atoms with van der Waals surface area (Å²) in [6.45, 7) is 1.91. The van der Waals surface area contributed by atoms with E-state index in [9.17, 15) is 13.2 Å². The number of carbonyl (C=O) groups is 1. The van der Waals surface area contributed by atoms with Gasteiger partial charge in [0.15, 0.2) is 9.84 Å². The highest BCUT2D eigenvalue weighted by atomic mass is 32.2. The van der Waals surface area contributed by atoms with Gasteiger partial charge in [-0.25, -0.2) is 8.42 Å². The van der Waals surface area contributed by atoms with Crippen molar-refractivity contribution in [3.63, 3.8) is 0 Å². The molecule has 0 aliphatic heterocycles. The molecular formula is C22H27NO3S. The maximum atomic E-state index is 12.4. The molecule has 0 heterocycles. The second kappa shape index (κ2) is 8.70. The van der Waals surface area contributed by atoms with E-state index in [0.29, 0.717) is 5.92 Å². The van der Waals surface area contributed by atoms with Crippen LogP contribution < -0.4 is 5.32 Å². The average molecular weight is 386 g/mol. The van der Waals surface area contributed by atoms with Gasteiger partial charge in [-0.05, 0) is 56.2 Å². The van der Waals surface area contributed by atoms with E-state index in [0.717, 1.165) is 31.2 Å². The summed E-state index contributed by atoms with van der Waals surface area (Å²) in [4.78, 5) is 12.5. The maximum absolute atomic E-state index is 12.4. The standard InChI is InChI=1S/C22H27NO3S/c1-17-7-13-21(14-8-17)27(25,26)16-15-22(24)23-20-11-9-19(10-12-20)18-5-3-2-4-6-18/h2-8,13-14,19-20H,9-12,15-16H2,1H3,(H,23,24). The Labute approximate surface area is 161 Å². The number of amides is 1. The van der Waals surface area contributed by atoms with E-state index in [2.05, 4.69) is 29.6 Å². The minimum atomic E-state index is -3.42. The normalized spacial score (nSPS) is 20.2. The number of hydrogen-bond donors (Lipinski definition) is 1. The Morgan fingerprint density at radius 2 is 1.59 bits per heavy atom. The predicted molar refractivity (Wildman–Crippen MR) is 107 cm³/mol. The lowest BCUT2D eigenvalue weighted by molar-refractivity contribution is -0.121. The van der Waals surface area contributed by atoms with Crippen molar-refractivity contribution in [2.45, 2.75) is 55.9 Å². The van der Waals surface area contributed by atoms with Crippen molar-refractivity contribution >= 4 is 15.7 Å². The van der Waals surface area contributed by atoms with Gasteiger partial charge in [-0.1, -0.05) is 48.0 Å². The lowest BCUT2D eigenvalue weighted by Gasteiger charge is -2.29. The molecule has 0 aromatic heterocycles. The molecule has 2 aromatic carbocycles. The molecule has 0 saturated heterocycles. The van der Waals surface area contributed by atoms with Crippen LogP contribution in [-0.2, 0) is 14.6 Å². The second-order valence-corrected chi connectivity index (χ2v) is 9.52. The molecule has 4 nitrogen and oxygen atoms in total. The summed E-state index contributed by atoms with van der Waals surface area (Å²) >= 11 is 0. The van der Waals surface area contributed by atoms with Crippen LogP contribution in [0.15, 0.2) is 59.5 Å². The molecule has 0 spiro atoms. The van der Waals surface area contributed by atoms with Gasteiger partial charge in [0.2, 0.25) is 5.91 Å². The minimum absolute atomic E-state index is 0.00875. The number of rotatable bonds is 6. The van der Waals surface area contributed by atoms with Crippen molar-refractivity contribution in [2.24, 2.45) is 0 Å². The summed E-state index contributed by atoms with van der Waals surface area (Å²) in [5, 5.41) is 3.02. The predicted octanol–water partition coefficient (Wildman–Crippen LogP) is 4.00. The number of sulfone groups is 1. The fraction of sp³-hybridized carbons (Fsp3) is 0.409. The molecule has 5 heteroatoms. The van der Waals surface area contributed by atoms with E-state index >= 15 is 0 Å². The van der Waals surface area contributed by atoms with Gasteiger partial charge in [-0.2, -0.15) is 0 Å². The molecule has 0 unspecified atom stereocenters. The summed E-state index contributed by atoms with van der Waals surface area (Å²) in [7, 11) is -3.42. The van der Waals surface area contributed by atoms with Gasteiger partial charge in [-0.15, -0.1) is 0 Å². The van der Waals surface area contributed by atoms with Crippen LogP contribution in [0, 0.1) is 6.92 Å². The lowest BCUT2D eigenvalue weighted by atomic mass is 9.82. The minimum Gasteiger partial charge on any atom is -0.353 e. The smallest absolute Gasteiger partial charge is 0.221 e. The SMILES string of the molecule is Cc1ccc(S(=O)(=O)CCC(=O)NC2CCC(c3ccccc3)CC2)cc1. The van der Waals surface area contributed by atoms with Gasteiger partial charge in [-0.3, -0.25) is 4.79 Å². The second-order valence-electron chi connectivity index (χ2n) is 7.41. The van der Waals surface area contributed by atoms with E-state index in [1.165, 1.54) is 5.56 Å². The highest BCUT2D eigenvalue weighted by Crippen LogP contribution is 2.32. The monoisotopic (exact) mass is 385 g/mol. The van der Waals surface area contributed by atoms with Crippen LogP contribution in [0.3, 0.4) is 0 Å². The molecule has 1 N–H and O–H groups in total. The Morgan fingerprint density at radius 1 is 0.963 bits per heavy atom. The summed E-state index contributed by atoms with van der Waals surface area (Å²) in [6, 6.07) is 17.4. The molecule has 0 atom stereocenters. The Kier molecular flexibility index (Phi) is 6.32. The van der Waals surface area contributed by atoms with Crippen molar-refractivity contribution in [3.8, 4) is 0 Å². The quantitative estimate of drug-likeness (QED) is 0.817. The van der Waals surface area contributed by atoms with Crippen LogP contribution in [0.2, 0.25) is 0 Å². The van der Waals surface area contributed by atoms with Gasteiger partial charge >= 0.3 is 0 Å². The van der Waals surface area contributed by atoms with E-state index in [1.807, 2.05) is 13.0 Å². The Bertz CT molecular complexity index is 852. The summed E-state index contributed by atoms with van der Waals surface area (Å²) in [5.41, 5.74) is 2.38. The Morgan fingerprint density at radius 3 is 2.22 bits per heavy atom. The number of benzene rings is 2. The topological polar surface area (TPSA) is 63.2 Å². The zero-order valence-electron chi connectivity index (χ0n) is 15.7. The first-order chi connectivity index (χ1) is 12.9. The van der Waals surface area contributed by atoms with Crippen molar-refractivity contribution in [3.05, 3.63) is 65.7 Å². The third-order valence-corrected chi connectivity index (χ3v) is 7.07. The third-order valence-electron chi connectivity index (χ3n) is 5.34. The van der Waals surface area contributed by atoms with Gasteiger partial charge in [0.1, 0.15) is 0 Å². The largest absolute Gasteiger partial charge is 0.353 e. The lowest BCUT2D eigenvalue weighted by Crippen LogP contribution is -2.38. The highest BCUT2D eigenvalue weighted by Gasteiger charge is 2.24. The van der Waals surface area contributed by atoms with Gasteiger partial charge in [0.05, 0.1) is 10.6 Å². The van der Waals surface area contributed by atoms with Crippen LogP contribution in [0.25, 0.3) is 0 Å². The fourth-order valence-corrected chi connectivity index (χ4v) is 4.93. The highest BCUT2D eigenvalue weighted by molar-refractivity contribution is 7.91. The molecular weight excluding hydrogens is 358 g/mol. The zero-order chi connectivity index (χ0) is 19.3. The molecule has 1 amide bonds. The Hall–Kier alpha value is -2.14. The summed E-state index contributed by atoms with van der Waals surface area (Å²) < 4.78 is 24.7. The van der Waals surface area contributed by atoms with Gasteiger partial charge < -0.3 is 5.32 Å². The molecule has 1 aliphatic carbocycles. The molecule has 0 bridgehead atoms. The molecule has 27 heavy (non-hydrogen) atoms. The third kappa shape index (κ3) is 5.42. The fourth-order valence-electron chi connectivity index (χ4n) is 3.69. The van der Waals surface area contributed by atoms with Gasteiger partial charge in [0, 0.05) is 12.5 Å². The van der Waals surface area contributed by atoms with E-state index in [1.54, 1.807) is 24.3 Å². The number of carbonyl (C=O) groups excluding carboxylic acids is 1. The molecule has 1 saturated carbocycles. The van der Waals surface area contributed by atoms with Crippen molar-refractivity contribution in [1.82, 2.24) is 5.32 Å². The molecule has 2 aromatic rings. The van der Waals surface area contributed by atoms with Crippen LogP contribution in [0.5, 0.6) is 0 Å². The number of nitrogens with one attached hydrogen (secondary N) is 1. The average Bonchev–Trinajstić information content (AvgIpc) is 2.68. The molecule has 0 radical (unpaired) electrons. The van der Waals surface area contributed by atoms with E-state index in [4.69, 9.17) is 0 Å². The molecule has 1 aliphatic rings. The van der Waals surface area contributed by atoms with Crippen molar-refractivity contribution in [2.75, 3.05) is 5.75 Å². The van der Waals surface area contributed by atoms with E-state index in [-0.39, 0.29) is 29.0 Å². The van der Waals surface area contributed by atoms with Crippen LogP contribution >= 0.6 is 0 Å². The van der Waals surface area contributed by atoms with Crippen molar-refractivity contribution in [1.29, 1.82) is 0 Å². The molecule has 3 rings (SSSR count). The van der Waals surface area contributed by atoms with Crippen LogP contribution in [0.4, 0.5) is 0 Å². The summed E-state index contributed by atoms with van der Waals surface area (Å²) in [6.07, 6.45) is 3.99. The molecule has 144 valence electrons. The molecule has 1 fully saturated rings. The van der Waals surface area contributed by atoms with Crippen molar-refractivity contribution < 1.29 is 13.2 Å². The first-order valence-electron chi connectivity index (χ1n) is 9.58. The van der Waals surface area contributed by atoms with Gasteiger partial charge in [0.25, 0.3) is 0 Å². The zero-order valence-corrected chi connectivity index (χ0v) is 16.5. The van der Waals surface area contributed by atoms with Crippen LogP contribution in [0.1, 0.15) is 49.1 Å². The summed E-state index contributed by atoms with van der Waals surface area (Å²) in [5.74, 6) is 0.233. The van der Waals surface area contributed by atoms with E-state index < -0.39 is 9.84 Å². The van der Waals surface area contributed by atoms with Crippen LogP contribution in [-0.4, -0.2) is 26.1 Å². The number of hydrogen-bond acceptors (Lipinski definition) is 3. The first kappa shape index (κ1) is 19.6.